The van der Waals surface area contributed by atoms with E-state index in [1.165, 1.54) is 6.33 Å². The van der Waals surface area contributed by atoms with Gasteiger partial charge in [0.05, 0.1) is 11.1 Å². The maximum absolute atomic E-state index is 10.8. The zero-order chi connectivity index (χ0) is 23.8. The molecule has 0 atom stereocenters. The number of aromatic hydroxyl groups is 1. The second kappa shape index (κ2) is 8.40. The molecule has 2 aromatic carbocycles. The van der Waals surface area contributed by atoms with Crippen LogP contribution in [0.15, 0.2) is 67.1 Å². The predicted molar refractivity (Wildman–Crippen MR) is 134 cm³/mol. The van der Waals surface area contributed by atoms with E-state index >= 15 is 0 Å². The molecule has 0 radical (unpaired) electrons. The number of hydrogen-bond donors (Lipinski definition) is 3. The van der Waals surface area contributed by atoms with Crippen LogP contribution >= 0.6 is 0 Å². The van der Waals surface area contributed by atoms with Crippen LogP contribution in [-0.2, 0) is 7.05 Å². The molecule has 170 valence electrons. The van der Waals surface area contributed by atoms with Gasteiger partial charge in [0, 0.05) is 37.6 Å². The summed E-state index contributed by atoms with van der Waals surface area (Å²) >= 11 is 0. The van der Waals surface area contributed by atoms with Crippen molar-refractivity contribution in [3.05, 3.63) is 72.7 Å². The highest BCUT2D eigenvalue weighted by Gasteiger charge is 2.22. The molecule has 3 heterocycles. The number of aromatic nitrogens is 4. The average molecular weight is 453 g/mol. The van der Waals surface area contributed by atoms with Gasteiger partial charge < -0.3 is 25.5 Å². The van der Waals surface area contributed by atoms with Crippen LogP contribution < -0.4 is 15.8 Å². The number of benzene rings is 2. The van der Waals surface area contributed by atoms with Crippen molar-refractivity contribution >= 4 is 22.5 Å². The fraction of sp³-hybridized carbons (Fsp3) is 0.115. The Kier molecular flexibility index (Phi) is 5.25. The van der Waals surface area contributed by atoms with Gasteiger partial charge in [0.2, 0.25) is 5.88 Å². The van der Waals surface area contributed by atoms with Crippen molar-refractivity contribution in [3.63, 3.8) is 0 Å². The Labute approximate surface area is 196 Å². The van der Waals surface area contributed by atoms with E-state index < -0.39 is 0 Å². The minimum Gasteiger partial charge on any atom is -0.504 e. The maximum Gasteiger partial charge on any atom is 0.219 e. The van der Waals surface area contributed by atoms with Gasteiger partial charge in [0.25, 0.3) is 0 Å². The second-order valence-electron chi connectivity index (χ2n) is 8.03. The summed E-state index contributed by atoms with van der Waals surface area (Å²) in [5.41, 5.74) is 12.6. The van der Waals surface area contributed by atoms with E-state index in [9.17, 15) is 5.11 Å². The van der Waals surface area contributed by atoms with E-state index in [1.807, 2.05) is 62.0 Å². The topological polar surface area (TPSA) is 111 Å². The first-order chi connectivity index (χ1) is 16.5. The summed E-state index contributed by atoms with van der Waals surface area (Å²) in [6.07, 6.45) is 3.17. The van der Waals surface area contributed by atoms with Gasteiger partial charge in [0.1, 0.15) is 17.8 Å². The molecule has 0 saturated carbocycles. The smallest absolute Gasteiger partial charge is 0.219 e. The number of rotatable bonds is 5. The first-order valence-corrected chi connectivity index (χ1v) is 10.8. The van der Waals surface area contributed by atoms with E-state index in [4.69, 9.17) is 10.5 Å². The van der Waals surface area contributed by atoms with Crippen molar-refractivity contribution in [3.8, 4) is 39.8 Å². The number of nitrogens with one attached hydrogen (secondary N) is 1. The Morgan fingerprint density at radius 1 is 0.971 bits per heavy atom. The Hall–Kier alpha value is -4.59. The number of phenols is 1. The molecule has 8 heteroatoms. The van der Waals surface area contributed by atoms with Crippen molar-refractivity contribution in [2.45, 2.75) is 6.92 Å². The summed E-state index contributed by atoms with van der Waals surface area (Å²) in [4.78, 5) is 12.9. The van der Waals surface area contributed by atoms with Crippen LogP contribution in [0, 0.1) is 6.92 Å². The van der Waals surface area contributed by atoms with Gasteiger partial charge in [-0.15, -0.1) is 0 Å². The summed E-state index contributed by atoms with van der Waals surface area (Å²) in [7, 11) is 3.83. The van der Waals surface area contributed by atoms with Crippen molar-refractivity contribution < 1.29 is 9.84 Å². The van der Waals surface area contributed by atoms with Gasteiger partial charge in [-0.3, -0.25) is 0 Å². The molecule has 0 saturated heterocycles. The first-order valence-electron chi connectivity index (χ1n) is 10.8. The van der Waals surface area contributed by atoms with E-state index in [2.05, 4.69) is 20.3 Å². The molecule has 3 aromatic heterocycles. The summed E-state index contributed by atoms with van der Waals surface area (Å²) in [6, 6.07) is 17.0. The lowest BCUT2D eigenvalue weighted by Gasteiger charge is -2.12. The maximum atomic E-state index is 10.8. The molecule has 5 aromatic rings. The highest BCUT2D eigenvalue weighted by molar-refractivity contribution is 6.08. The fourth-order valence-corrected chi connectivity index (χ4v) is 4.08. The minimum atomic E-state index is -0.0104. The lowest BCUT2D eigenvalue weighted by molar-refractivity contribution is 0.403. The average Bonchev–Trinajstić information content (AvgIpc) is 3.15. The number of ether oxygens (including phenoxy) is 1. The van der Waals surface area contributed by atoms with Gasteiger partial charge in [-0.05, 0) is 47.9 Å². The fourth-order valence-electron chi connectivity index (χ4n) is 4.08. The molecule has 0 unspecified atom stereocenters. The SMILES string of the molecule is CNc1ccc(-c2c(-c3ccc(Oc4ccc(C)cn4)c(O)c3)c3c(N)ncnc3n2C)cc1. The number of nitrogen functional groups attached to an aromatic ring is 1. The number of nitrogens with zero attached hydrogens (tertiary/aromatic N) is 4. The van der Waals surface area contributed by atoms with Gasteiger partial charge in [-0.25, -0.2) is 15.0 Å². The zero-order valence-electron chi connectivity index (χ0n) is 19.1. The molecule has 0 bridgehead atoms. The number of phenolic OH excluding ortho intramolecular Hbond substituents is 1. The lowest BCUT2D eigenvalue weighted by atomic mass is 9.98. The monoisotopic (exact) mass is 452 g/mol. The third-order valence-electron chi connectivity index (χ3n) is 5.79. The molecule has 5 rings (SSSR count). The molecule has 0 spiro atoms. The summed E-state index contributed by atoms with van der Waals surface area (Å²) < 4.78 is 7.78. The van der Waals surface area contributed by atoms with E-state index in [1.54, 1.807) is 24.4 Å². The summed E-state index contributed by atoms with van der Waals surface area (Å²) in [6.45, 7) is 1.95. The molecular formula is C26H24N6O2. The molecular weight excluding hydrogens is 428 g/mol. The Balaban J connectivity index is 1.66. The molecule has 34 heavy (non-hydrogen) atoms. The van der Waals surface area contributed by atoms with Gasteiger partial charge >= 0.3 is 0 Å². The number of pyridine rings is 1. The molecule has 0 aliphatic rings. The van der Waals surface area contributed by atoms with E-state index in [0.717, 1.165) is 39.0 Å². The normalized spacial score (nSPS) is 11.0. The Bertz CT molecular complexity index is 1490. The number of aryl methyl sites for hydroxylation is 2. The number of hydrogen-bond acceptors (Lipinski definition) is 7. The van der Waals surface area contributed by atoms with Crippen LogP contribution in [0.25, 0.3) is 33.4 Å². The Morgan fingerprint density at radius 2 is 1.74 bits per heavy atom. The van der Waals surface area contributed by atoms with Crippen LogP contribution in [0.2, 0.25) is 0 Å². The molecule has 8 nitrogen and oxygen atoms in total. The van der Waals surface area contributed by atoms with E-state index in [0.29, 0.717) is 23.1 Å². The van der Waals surface area contributed by atoms with Crippen molar-refractivity contribution in [2.24, 2.45) is 7.05 Å². The van der Waals surface area contributed by atoms with Crippen molar-refractivity contribution in [2.75, 3.05) is 18.1 Å². The summed E-state index contributed by atoms with van der Waals surface area (Å²) in [5, 5.41) is 14.7. The third kappa shape index (κ3) is 3.65. The number of nitrogens with two attached hydrogens (primary N) is 1. The predicted octanol–water partition coefficient (Wildman–Crippen LogP) is 5.13. The zero-order valence-corrected chi connectivity index (χ0v) is 19.1. The van der Waals surface area contributed by atoms with Crippen LogP contribution in [0.5, 0.6) is 17.4 Å². The largest absolute Gasteiger partial charge is 0.504 e. The lowest BCUT2D eigenvalue weighted by Crippen LogP contribution is -1.96. The van der Waals surface area contributed by atoms with E-state index in [-0.39, 0.29) is 5.75 Å². The number of anilines is 2. The van der Waals surface area contributed by atoms with Gasteiger partial charge in [0.15, 0.2) is 11.5 Å². The third-order valence-corrected chi connectivity index (χ3v) is 5.79. The van der Waals surface area contributed by atoms with Crippen molar-refractivity contribution in [1.82, 2.24) is 19.5 Å². The van der Waals surface area contributed by atoms with Gasteiger partial charge in [-0.2, -0.15) is 0 Å². The molecule has 0 amide bonds. The molecule has 0 fully saturated rings. The van der Waals surface area contributed by atoms with Crippen LogP contribution in [0.3, 0.4) is 0 Å². The highest BCUT2D eigenvalue weighted by Crippen LogP contribution is 2.44. The Morgan fingerprint density at radius 3 is 2.41 bits per heavy atom. The highest BCUT2D eigenvalue weighted by atomic mass is 16.5. The molecule has 0 aliphatic carbocycles. The minimum absolute atomic E-state index is 0.0104. The standard InChI is InChI=1S/C26H24N6O2/c1-15-4-11-21(29-13-15)34-20-10-7-17(12-19(20)33)22-23-25(27)30-14-31-26(23)32(3)24(22)16-5-8-18(28-2)9-6-16/h4-14,28,33H,1-3H3,(H2,27,30,31). The summed E-state index contributed by atoms with van der Waals surface area (Å²) in [5.74, 6) is 1.08. The van der Waals surface area contributed by atoms with Crippen LogP contribution in [0.4, 0.5) is 11.5 Å². The molecule has 4 N–H and O–H groups in total. The van der Waals surface area contributed by atoms with Crippen LogP contribution in [0.1, 0.15) is 5.56 Å². The first kappa shape index (κ1) is 21.3. The van der Waals surface area contributed by atoms with Crippen LogP contribution in [-0.4, -0.2) is 31.7 Å². The molecule has 0 aliphatic heterocycles. The second-order valence-corrected chi connectivity index (χ2v) is 8.03. The quantitative estimate of drug-likeness (QED) is 0.339. The number of fused-ring (bicyclic) bond motifs is 1. The van der Waals surface area contributed by atoms with Crippen molar-refractivity contribution in [1.29, 1.82) is 0 Å². The van der Waals surface area contributed by atoms with Gasteiger partial charge in [-0.1, -0.05) is 24.3 Å².